The quantitative estimate of drug-likeness (QED) is 0.504. The molecule has 0 bridgehead atoms. The van der Waals surface area contributed by atoms with Crippen LogP contribution in [0.2, 0.25) is 0 Å². The van der Waals surface area contributed by atoms with Gasteiger partial charge in [-0.15, -0.1) is 0 Å². The molecule has 10 heteroatoms. The lowest BCUT2D eigenvalue weighted by molar-refractivity contribution is -0.140. The van der Waals surface area contributed by atoms with Crippen molar-refractivity contribution in [1.82, 2.24) is 25.1 Å². The second-order valence-corrected chi connectivity index (χ2v) is 7.23. The van der Waals surface area contributed by atoms with E-state index < -0.39 is 17.9 Å². The van der Waals surface area contributed by atoms with Gasteiger partial charge in [-0.25, -0.2) is 4.98 Å². The maximum absolute atomic E-state index is 13.2. The summed E-state index contributed by atoms with van der Waals surface area (Å²) in [5.41, 5.74) is 0.282. The first-order valence-electron chi connectivity index (χ1n) is 9.64. The Morgan fingerprint density at radius 1 is 1.19 bits per heavy atom. The zero-order chi connectivity index (χ0) is 23.0. The number of rotatable bonds is 4. The van der Waals surface area contributed by atoms with Gasteiger partial charge in [0.15, 0.2) is 0 Å². The van der Waals surface area contributed by atoms with Crippen molar-refractivity contribution in [2.75, 3.05) is 7.05 Å². The van der Waals surface area contributed by atoms with Crippen LogP contribution in [0.1, 0.15) is 34.6 Å². The van der Waals surface area contributed by atoms with Gasteiger partial charge in [0.25, 0.3) is 11.5 Å². The molecule has 0 saturated carbocycles. The first-order valence-corrected chi connectivity index (χ1v) is 9.64. The van der Waals surface area contributed by atoms with Crippen LogP contribution in [0.5, 0.6) is 0 Å². The highest BCUT2D eigenvalue weighted by Gasteiger charge is 2.36. The molecular formula is C22H18F3N5O2. The van der Waals surface area contributed by atoms with E-state index >= 15 is 0 Å². The van der Waals surface area contributed by atoms with Gasteiger partial charge in [0.05, 0.1) is 29.5 Å². The standard InChI is InChI=1S/C22H18F3N5O2/c1-12(13-4-3-5-15(8-13)20(31)26-2)30-11-27-18-9-14(6-7-16(18)21(30)32)17-10-28-29-19(17)22(23,24)25/h3-12H,1-2H3,(H,26,31)(H,28,29)/t12-/m1/s1. The summed E-state index contributed by atoms with van der Waals surface area (Å²) < 4.78 is 41.0. The molecule has 2 heterocycles. The van der Waals surface area contributed by atoms with E-state index in [4.69, 9.17) is 0 Å². The number of alkyl halides is 3. The number of H-pyrrole nitrogens is 1. The fraction of sp³-hybridized carbons (Fsp3) is 0.182. The van der Waals surface area contributed by atoms with Crippen molar-refractivity contribution in [2.24, 2.45) is 0 Å². The molecule has 1 amide bonds. The van der Waals surface area contributed by atoms with E-state index in [9.17, 15) is 22.8 Å². The summed E-state index contributed by atoms with van der Waals surface area (Å²) in [4.78, 5) is 29.3. The van der Waals surface area contributed by atoms with Gasteiger partial charge in [-0.1, -0.05) is 18.2 Å². The number of aromatic amines is 1. The largest absolute Gasteiger partial charge is 0.433 e. The van der Waals surface area contributed by atoms with Crippen molar-refractivity contribution in [2.45, 2.75) is 19.1 Å². The molecule has 0 aliphatic carbocycles. The normalized spacial score (nSPS) is 12.7. The van der Waals surface area contributed by atoms with Crippen LogP contribution in [0.25, 0.3) is 22.0 Å². The van der Waals surface area contributed by atoms with E-state index in [-0.39, 0.29) is 33.5 Å². The van der Waals surface area contributed by atoms with Crippen molar-refractivity contribution >= 4 is 16.8 Å². The minimum Gasteiger partial charge on any atom is -0.355 e. The lowest BCUT2D eigenvalue weighted by Gasteiger charge is -2.17. The Morgan fingerprint density at radius 3 is 2.69 bits per heavy atom. The number of benzene rings is 2. The second-order valence-electron chi connectivity index (χ2n) is 7.23. The maximum atomic E-state index is 13.2. The fourth-order valence-corrected chi connectivity index (χ4v) is 3.54. The number of carbonyl (C=O) groups is 1. The molecule has 0 unspecified atom stereocenters. The van der Waals surface area contributed by atoms with E-state index in [0.717, 1.165) is 11.8 Å². The summed E-state index contributed by atoms with van der Waals surface area (Å²) in [6.45, 7) is 1.80. The Bertz CT molecular complexity index is 1370. The first kappa shape index (κ1) is 21.3. The van der Waals surface area contributed by atoms with E-state index in [1.54, 1.807) is 31.2 Å². The van der Waals surface area contributed by atoms with Crippen molar-refractivity contribution in [3.05, 3.63) is 82.2 Å². The third-order valence-electron chi connectivity index (χ3n) is 5.29. The molecule has 7 nitrogen and oxygen atoms in total. The maximum Gasteiger partial charge on any atom is 0.433 e. The van der Waals surface area contributed by atoms with Gasteiger partial charge in [0.2, 0.25) is 0 Å². The molecule has 4 aromatic rings. The Balaban J connectivity index is 1.75. The SMILES string of the molecule is CNC(=O)c1cccc([C@@H](C)n2cnc3cc(-c4cn[nH]c4C(F)(F)F)ccc3c2=O)c1. The van der Waals surface area contributed by atoms with Crippen LogP contribution in [0.4, 0.5) is 13.2 Å². The summed E-state index contributed by atoms with van der Waals surface area (Å²) in [7, 11) is 1.53. The fourth-order valence-electron chi connectivity index (χ4n) is 3.54. The molecule has 32 heavy (non-hydrogen) atoms. The second kappa shape index (κ2) is 7.95. The molecule has 1 atom stereocenters. The van der Waals surface area contributed by atoms with Gasteiger partial charge in [0, 0.05) is 18.2 Å². The number of nitrogens with one attached hydrogen (secondary N) is 2. The monoisotopic (exact) mass is 441 g/mol. The minimum absolute atomic E-state index is 0.121. The van der Waals surface area contributed by atoms with Crippen molar-refractivity contribution in [3.8, 4) is 11.1 Å². The Morgan fingerprint density at radius 2 is 1.97 bits per heavy atom. The molecule has 4 rings (SSSR count). The van der Waals surface area contributed by atoms with Crippen molar-refractivity contribution < 1.29 is 18.0 Å². The summed E-state index contributed by atoms with van der Waals surface area (Å²) in [5.74, 6) is -0.243. The van der Waals surface area contributed by atoms with Crippen LogP contribution in [0.3, 0.4) is 0 Å². The molecule has 0 aliphatic heterocycles. The third-order valence-corrected chi connectivity index (χ3v) is 5.29. The number of hydrogen-bond acceptors (Lipinski definition) is 4. The molecule has 2 N–H and O–H groups in total. The van der Waals surface area contributed by atoms with Crippen LogP contribution in [-0.2, 0) is 6.18 Å². The molecule has 0 aliphatic rings. The molecule has 2 aromatic heterocycles. The van der Waals surface area contributed by atoms with Gasteiger partial charge < -0.3 is 5.32 Å². The smallest absolute Gasteiger partial charge is 0.355 e. The van der Waals surface area contributed by atoms with Gasteiger partial charge in [-0.2, -0.15) is 18.3 Å². The third kappa shape index (κ3) is 3.75. The van der Waals surface area contributed by atoms with Crippen LogP contribution >= 0.6 is 0 Å². The van der Waals surface area contributed by atoms with E-state index in [2.05, 4.69) is 15.4 Å². The summed E-state index contributed by atoms with van der Waals surface area (Å²) >= 11 is 0. The van der Waals surface area contributed by atoms with Crippen molar-refractivity contribution in [3.63, 3.8) is 0 Å². The number of nitrogens with zero attached hydrogens (tertiary/aromatic N) is 3. The van der Waals surface area contributed by atoms with Crippen molar-refractivity contribution in [1.29, 1.82) is 0 Å². The molecule has 0 fully saturated rings. The summed E-state index contributed by atoms with van der Waals surface area (Å²) in [5, 5.41) is 8.29. The first-order chi connectivity index (χ1) is 15.2. The molecule has 0 spiro atoms. The zero-order valence-corrected chi connectivity index (χ0v) is 17.1. The summed E-state index contributed by atoms with van der Waals surface area (Å²) in [6, 6.07) is 10.8. The molecule has 0 saturated heterocycles. The average molecular weight is 441 g/mol. The number of halogens is 3. The number of fused-ring (bicyclic) bond motifs is 1. The van der Waals surface area contributed by atoms with Gasteiger partial charge >= 0.3 is 6.18 Å². The van der Waals surface area contributed by atoms with Crippen LogP contribution in [0, 0.1) is 0 Å². The number of amides is 1. The van der Waals surface area contributed by atoms with E-state index in [1.807, 2.05) is 5.10 Å². The van der Waals surface area contributed by atoms with E-state index in [1.165, 1.54) is 36.1 Å². The molecular weight excluding hydrogens is 423 g/mol. The molecule has 164 valence electrons. The Labute approximate surface area is 179 Å². The highest BCUT2D eigenvalue weighted by molar-refractivity contribution is 5.94. The van der Waals surface area contributed by atoms with Gasteiger partial charge in [-0.05, 0) is 42.3 Å². The summed E-state index contributed by atoms with van der Waals surface area (Å²) in [6.07, 6.45) is -2.14. The number of carbonyl (C=O) groups excluding carboxylic acids is 1. The van der Waals surface area contributed by atoms with E-state index in [0.29, 0.717) is 5.56 Å². The highest BCUT2D eigenvalue weighted by Crippen LogP contribution is 2.35. The highest BCUT2D eigenvalue weighted by atomic mass is 19.4. The van der Waals surface area contributed by atoms with Crippen LogP contribution < -0.4 is 10.9 Å². The van der Waals surface area contributed by atoms with Crippen LogP contribution in [-0.4, -0.2) is 32.7 Å². The predicted octanol–water partition coefficient (Wildman–Crippen LogP) is 3.77. The Hall–Kier alpha value is -3.95. The lowest BCUT2D eigenvalue weighted by atomic mass is 10.0. The molecule has 0 radical (unpaired) electrons. The minimum atomic E-state index is -4.59. The Kier molecular flexibility index (Phi) is 5.29. The average Bonchev–Trinajstić information content (AvgIpc) is 3.29. The zero-order valence-electron chi connectivity index (χ0n) is 17.1. The lowest BCUT2D eigenvalue weighted by Crippen LogP contribution is -2.25. The van der Waals surface area contributed by atoms with Gasteiger partial charge in [0.1, 0.15) is 5.69 Å². The molecule has 2 aromatic carbocycles. The van der Waals surface area contributed by atoms with Gasteiger partial charge in [-0.3, -0.25) is 19.3 Å². The van der Waals surface area contributed by atoms with Crippen LogP contribution in [0.15, 0.2) is 59.8 Å². The predicted molar refractivity (Wildman–Crippen MR) is 112 cm³/mol. The topological polar surface area (TPSA) is 92.7 Å². The number of hydrogen-bond donors (Lipinski definition) is 2. The number of aromatic nitrogens is 4.